The Morgan fingerprint density at radius 3 is 2.34 bits per heavy atom. The monoisotopic (exact) mass is 458 g/mol. The molecule has 1 aromatic heterocycles. The number of carbonyl (C=O) groups is 1. The van der Waals surface area contributed by atoms with Crippen molar-refractivity contribution in [2.45, 2.75) is 0 Å². The highest BCUT2D eigenvalue weighted by atomic mass is 35.5. The number of halogens is 3. The van der Waals surface area contributed by atoms with Gasteiger partial charge < -0.3 is 5.32 Å². The fourth-order valence-corrected chi connectivity index (χ4v) is 4.05. The van der Waals surface area contributed by atoms with Crippen LogP contribution in [0.2, 0.25) is 15.1 Å². The van der Waals surface area contributed by atoms with Crippen molar-refractivity contribution in [1.82, 2.24) is 4.98 Å². The van der Waals surface area contributed by atoms with E-state index in [9.17, 15) is 4.79 Å². The molecule has 1 heterocycles. The third kappa shape index (κ3) is 4.62. The molecule has 0 unspecified atom stereocenters. The van der Waals surface area contributed by atoms with E-state index in [-0.39, 0.29) is 5.91 Å². The molecule has 0 spiro atoms. The zero-order chi connectivity index (χ0) is 20.4. The van der Waals surface area contributed by atoms with E-state index in [0.717, 1.165) is 21.8 Å². The summed E-state index contributed by atoms with van der Waals surface area (Å²) in [6, 6.07) is 19.8. The van der Waals surface area contributed by atoms with E-state index in [1.807, 2.05) is 23.6 Å². The van der Waals surface area contributed by atoms with Gasteiger partial charge in [0.15, 0.2) is 0 Å². The number of amides is 1. The van der Waals surface area contributed by atoms with Gasteiger partial charge in [0.2, 0.25) is 0 Å². The van der Waals surface area contributed by atoms with Gasteiger partial charge in [-0.05, 0) is 42.5 Å². The summed E-state index contributed by atoms with van der Waals surface area (Å²) in [5.41, 5.74) is 3.86. The maximum Gasteiger partial charge on any atom is 0.255 e. The Morgan fingerprint density at radius 1 is 0.862 bits per heavy atom. The number of rotatable bonds is 4. The lowest BCUT2D eigenvalue weighted by Crippen LogP contribution is -2.11. The fourth-order valence-electron chi connectivity index (χ4n) is 2.73. The van der Waals surface area contributed by atoms with Crippen molar-refractivity contribution in [2.24, 2.45) is 0 Å². The molecule has 7 heteroatoms. The first-order chi connectivity index (χ1) is 14.0. The standard InChI is InChI=1S/C22H13Cl3N2OS/c23-16-2-1-3-17(11-16)26-21(28)13-4-6-14(7-5-13)22-27-20(12-29-22)15-8-9-18(24)19(25)10-15/h1-12H,(H,26,28). The highest BCUT2D eigenvalue weighted by Crippen LogP contribution is 2.32. The third-order valence-electron chi connectivity index (χ3n) is 4.20. The summed E-state index contributed by atoms with van der Waals surface area (Å²) in [5.74, 6) is -0.200. The molecule has 0 aliphatic rings. The number of carbonyl (C=O) groups excluding carboxylic acids is 1. The molecule has 29 heavy (non-hydrogen) atoms. The molecule has 0 aliphatic carbocycles. The van der Waals surface area contributed by atoms with Crippen LogP contribution in [-0.4, -0.2) is 10.9 Å². The molecular formula is C22H13Cl3N2OS. The number of hydrogen-bond donors (Lipinski definition) is 1. The van der Waals surface area contributed by atoms with E-state index in [0.29, 0.717) is 26.3 Å². The van der Waals surface area contributed by atoms with Gasteiger partial charge in [0.05, 0.1) is 15.7 Å². The smallest absolute Gasteiger partial charge is 0.255 e. The van der Waals surface area contributed by atoms with Gasteiger partial charge in [-0.25, -0.2) is 4.98 Å². The van der Waals surface area contributed by atoms with Gasteiger partial charge in [0.1, 0.15) is 5.01 Å². The summed E-state index contributed by atoms with van der Waals surface area (Å²) in [6.07, 6.45) is 0. The van der Waals surface area contributed by atoms with Crippen molar-refractivity contribution in [2.75, 3.05) is 5.32 Å². The van der Waals surface area contributed by atoms with Crippen molar-refractivity contribution < 1.29 is 4.79 Å². The minimum Gasteiger partial charge on any atom is -0.322 e. The highest BCUT2D eigenvalue weighted by Gasteiger charge is 2.11. The summed E-state index contributed by atoms with van der Waals surface area (Å²) < 4.78 is 0. The van der Waals surface area contributed by atoms with E-state index in [1.54, 1.807) is 48.5 Å². The van der Waals surface area contributed by atoms with Crippen LogP contribution in [0.15, 0.2) is 72.1 Å². The minimum absolute atomic E-state index is 0.200. The van der Waals surface area contributed by atoms with Crippen LogP contribution in [0.4, 0.5) is 5.69 Å². The Hall–Kier alpha value is -2.37. The molecule has 0 bridgehead atoms. The number of hydrogen-bond acceptors (Lipinski definition) is 3. The lowest BCUT2D eigenvalue weighted by molar-refractivity contribution is 0.102. The van der Waals surface area contributed by atoms with Crippen LogP contribution in [0.5, 0.6) is 0 Å². The molecule has 4 aromatic rings. The van der Waals surface area contributed by atoms with Gasteiger partial charge in [0, 0.05) is 32.8 Å². The molecule has 0 atom stereocenters. The van der Waals surface area contributed by atoms with Crippen LogP contribution in [0.3, 0.4) is 0 Å². The first-order valence-electron chi connectivity index (χ1n) is 8.58. The number of aromatic nitrogens is 1. The first-order valence-corrected chi connectivity index (χ1v) is 10.6. The Bertz CT molecular complexity index is 1190. The highest BCUT2D eigenvalue weighted by molar-refractivity contribution is 7.13. The molecule has 3 nitrogen and oxygen atoms in total. The van der Waals surface area contributed by atoms with Gasteiger partial charge >= 0.3 is 0 Å². The molecule has 0 saturated carbocycles. The number of nitrogens with zero attached hydrogens (tertiary/aromatic N) is 1. The predicted octanol–water partition coefficient (Wildman–Crippen LogP) is 7.69. The van der Waals surface area contributed by atoms with Gasteiger partial charge in [-0.15, -0.1) is 11.3 Å². The van der Waals surface area contributed by atoms with Crippen molar-refractivity contribution in [3.63, 3.8) is 0 Å². The van der Waals surface area contributed by atoms with Crippen molar-refractivity contribution in [3.8, 4) is 21.8 Å². The van der Waals surface area contributed by atoms with Gasteiger partial charge in [0.25, 0.3) is 5.91 Å². The minimum atomic E-state index is -0.200. The van der Waals surface area contributed by atoms with Crippen molar-refractivity contribution >= 4 is 57.7 Å². The van der Waals surface area contributed by atoms with E-state index in [4.69, 9.17) is 34.8 Å². The third-order valence-corrected chi connectivity index (χ3v) is 6.06. The summed E-state index contributed by atoms with van der Waals surface area (Å²) in [6.45, 7) is 0. The number of thiazole rings is 1. The average molecular weight is 460 g/mol. The largest absolute Gasteiger partial charge is 0.322 e. The molecule has 1 N–H and O–H groups in total. The molecule has 0 radical (unpaired) electrons. The molecule has 1 amide bonds. The van der Waals surface area contributed by atoms with E-state index < -0.39 is 0 Å². The molecule has 0 fully saturated rings. The average Bonchev–Trinajstić information content (AvgIpc) is 3.20. The maximum atomic E-state index is 12.4. The number of nitrogens with one attached hydrogen (secondary N) is 1. The van der Waals surface area contributed by atoms with Crippen LogP contribution in [0.1, 0.15) is 10.4 Å². The predicted molar refractivity (Wildman–Crippen MR) is 122 cm³/mol. The summed E-state index contributed by atoms with van der Waals surface area (Å²) in [5, 5.41) is 7.23. The van der Waals surface area contributed by atoms with Crippen LogP contribution >= 0.6 is 46.1 Å². The number of benzene rings is 3. The lowest BCUT2D eigenvalue weighted by atomic mass is 10.1. The van der Waals surface area contributed by atoms with E-state index >= 15 is 0 Å². The molecule has 0 saturated heterocycles. The van der Waals surface area contributed by atoms with E-state index in [2.05, 4.69) is 10.3 Å². The second kappa shape index (κ2) is 8.56. The summed E-state index contributed by atoms with van der Waals surface area (Å²) in [7, 11) is 0. The molecule has 144 valence electrons. The van der Waals surface area contributed by atoms with Crippen molar-refractivity contribution in [3.05, 3.63) is 92.7 Å². The second-order valence-corrected chi connectivity index (χ2v) is 8.32. The molecular weight excluding hydrogens is 447 g/mol. The second-order valence-electron chi connectivity index (χ2n) is 6.21. The molecule has 0 aliphatic heterocycles. The Morgan fingerprint density at radius 2 is 1.62 bits per heavy atom. The zero-order valence-corrected chi connectivity index (χ0v) is 17.9. The van der Waals surface area contributed by atoms with Gasteiger partial charge in [-0.3, -0.25) is 4.79 Å². The fraction of sp³-hybridized carbons (Fsp3) is 0. The molecule has 4 rings (SSSR count). The Kier molecular flexibility index (Phi) is 5.88. The van der Waals surface area contributed by atoms with Crippen LogP contribution in [-0.2, 0) is 0 Å². The van der Waals surface area contributed by atoms with Crippen LogP contribution in [0, 0.1) is 0 Å². The lowest BCUT2D eigenvalue weighted by Gasteiger charge is -2.06. The normalized spacial score (nSPS) is 10.7. The van der Waals surface area contributed by atoms with Gasteiger partial charge in [-0.2, -0.15) is 0 Å². The van der Waals surface area contributed by atoms with Crippen LogP contribution < -0.4 is 5.32 Å². The quantitative estimate of drug-likeness (QED) is 0.340. The number of anilines is 1. The van der Waals surface area contributed by atoms with Crippen molar-refractivity contribution in [1.29, 1.82) is 0 Å². The van der Waals surface area contributed by atoms with E-state index in [1.165, 1.54) is 11.3 Å². The Balaban J connectivity index is 1.51. The first kappa shape index (κ1) is 19.9. The zero-order valence-electron chi connectivity index (χ0n) is 14.8. The Labute approximate surface area is 186 Å². The molecule has 3 aromatic carbocycles. The topological polar surface area (TPSA) is 42.0 Å². The SMILES string of the molecule is O=C(Nc1cccc(Cl)c1)c1ccc(-c2nc(-c3ccc(Cl)c(Cl)c3)cs2)cc1. The summed E-state index contributed by atoms with van der Waals surface area (Å²) in [4.78, 5) is 17.1. The maximum absolute atomic E-state index is 12.4. The van der Waals surface area contributed by atoms with Gasteiger partial charge in [-0.1, -0.05) is 59.1 Å². The van der Waals surface area contributed by atoms with Crippen LogP contribution in [0.25, 0.3) is 21.8 Å². The summed E-state index contributed by atoms with van der Waals surface area (Å²) >= 11 is 19.6.